The molecule has 0 aromatic heterocycles. The van der Waals surface area contributed by atoms with Crippen molar-refractivity contribution in [2.24, 2.45) is 0 Å². The second-order valence-corrected chi connectivity index (χ2v) is 6.80. The lowest BCUT2D eigenvalue weighted by molar-refractivity contribution is 0.0216. The third-order valence-corrected chi connectivity index (χ3v) is 5.34. The van der Waals surface area contributed by atoms with E-state index in [2.05, 4.69) is 0 Å². The van der Waals surface area contributed by atoms with Gasteiger partial charge >= 0.3 is 0 Å². The molecule has 0 bridgehead atoms. The van der Waals surface area contributed by atoms with Crippen molar-refractivity contribution in [3.8, 4) is 5.75 Å². The van der Waals surface area contributed by atoms with Crippen LogP contribution in [0.2, 0.25) is 5.02 Å². The van der Waals surface area contributed by atoms with Crippen molar-refractivity contribution in [2.45, 2.75) is 17.1 Å². The predicted molar refractivity (Wildman–Crippen MR) is 73.6 cm³/mol. The van der Waals surface area contributed by atoms with Gasteiger partial charge in [0.25, 0.3) is 0 Å². The standard InChI is InChI=1S/C12H16ClNO5S/c1-18-10-4-3-8(13)5-12(10)20(16,17)14-6-9(15)11(7-14)19-2/h3-5,9,11,15H,6-7H2,1-2H3/t9-,11-/m0/s1. The van der Waals surface area contributed by atoms with Crippen LogP contribution in [0.15, 0.2) is 23.1 Å². The number of rotatable bonds is 4. The number of methoxy groups -OCH3 is 2. The van der Waals surface area contributed by atoms with E-state index in [9.17, 15) is 13.5 Å². The minimum absolute atomic E-state index is 0.0172. The first-order valence-corrected chi connectivity index (χ1v) is 7.76. The molecule has 0 spiro atoms. The van der Waals surface area contributed by atoms with Crippen LogP contribution in [0.5, 0.6) is 5.75 Å². The molecule has 8 heteroatoms. The molecule has 0 aliphatic carbocycles. The van der Waals surface area contributed by atoms with Crippen LogP contribution >= 0.6 is 11.6 Å². The molecule has 20 heavy (non-hydrogen) atoms. The SMILES string of the molecule is COc1ccc(Cl)cc1S(=O)(=O)N1C[C@H](OC)[C@@H](O)C1. The number of β-amino-alcohol motifs (C(OH)–C–C–N with tert-alkyl or cyclic N) is 1. The Morgan fingerprint density at radius 2 is 2.05 bits per heavy atom. The van der Waals surface area contributed by atoms with Gasteiger partial charge in [0.15, 0.2) is 0 Å². The number of nitrogens with zero attached hydrogens (tertiary/aromatic N) is 1. The summed E-state index contributed by atoms with van der Waals surface area (Å²) in [4.78, 5) is -0.0172. The molecule has 0 radical (unpaired) electrons. The van der Waals surface area contributed by atoms with Crippen LogP contribution in [0, 0.1) is 0 Å². The molecule has 112 valence electrons. The zero-order valence-corrected chi connectivity index (χ0v) is 12.7. The van der Waals surface area contributed by atoms with Gasteiger partial charge in [0.2, 0.25) is 10.0 Å². The smallest absolute Gasteiger partial charge is 0.246 e. The Labute approximate surface area is 122 Å². The fourth-order valence-corrected chi connectivity index (χ4v) is 4.03. The van der Waals surface area contributed by atoms with E-state index >= 15 is 0 Å². The molecule has 6 nitrogen and oxygen atoms in total. The lowest BCUT2D eigenvalue weighted by Crippen LogP contribution is -2.30. The first kappa shape index (κ1) is 15.5. The molecule has 1 aromatic rings. The topological polar surface area (TPSA) is 76.1 Å². The monoisotopic (exact) mass is 321 g/mol. The van der Waals surface area contributed by atoms with Crippen LogP contribution in [0.25, 0.3) is 0 Å². The Morgan fingerprint density at radius 1 is 1.35 bits per heavy atom. The van der Waals surface area contributed by atoms with Gasteiger partial charge in [-0.3, -0.25) is 0 Å². The minimum Gasteiger partial charge on any atom is -0.495 e. The van der Waals surface area contributed by atoms with Gasteiger partial charge < -0.3 is 14.6 Å². The number of hydrogen-bond donors (Lipinski definition) is 1. The Bertz CT molecular complexity index is 592. The van der Waals surface area contributed by atoms with E-state index in [0.29, 0.717) is 5.02 Å². The van der Waals surface area contributed by atoms with Crippen molar-refractivity contribution in [1.29, 1.82) is 0 Å². The molecular weight excluding hydrogens is 306 g/mol. The molecule has 1 aliphatic rings. The molecule has 1 aromatic carbocycles. The molecule has 0 saturated carbocycles. The average molecular weight is 322 g/mol. The average Bonchev–Trinajstić information content (AvgIpc) is 2.80. The third-order valence-electron chi connectivity index (χ3n) is 3.25. The van der Waals surface area contributed by atoms with Crippen molar-refractivity contribution in [1.82, 2.24) is 4.31 Å². The molecule has 1 heterocycles. The lowest BCUT2D eigenvalue weighted by Gasteiger charge is -2.18. The molecule has 1 saturated heterocycles. The van der Waals surface area contributed by atoms with Gasteiger partial charge in [-0.05, 0) is 18.2 Å². The van der Waals surface area contributed by atoms with Crippen molar-refractivity contribution >= 4 is 21.6 Å². The first-order valence-electron chi connectivity index (χ1n) is 5.94. The molecule has 1 aliphatic heterocycles. The Kier molecular flexibility index (Phi) is 4.55. The van der Waals surface area contributed by atoms with Crippen molar-refractivity contribution in [2.75, 3.05) is 27.3 Å². The summed E-state index contributed by atoms with van der Waals surface area (Å²) in [6, 6.07) is 4.38. The van der Waals surface area contributed by atoms with E-state index in [4.69, 9.17) is 21.1 Å². The minimum atomic E-state index is -3.80. The summed E-state index contributed by atoms with van der Waals surface area (Å²) < 4.78 is 36.5. The number of hydrogen-bond acceptors (Lipinski definition) is 5. The Hall–Kier alpha value is -0.860. The molecule has 2 rings (SSSR count). The number of sulfonamides is 1. The van der Waals surface area contributed by atoms with Gasteiger partial charge in [-0.2, -0.15) is 4.31 Å². The second kappa shape index (κ2) is 5.87. The van der Waals surface area contributed by atoms with Crippen molar-refractivity contribution < 1.29 is 23.0 Å². The number of halogens is 1. The molecular formula is C12H16ClNO5S. The van der Waals surface area contributed by atoms with Gasteiger partial charge in [-0.25, -0.2) is 8.42 Å². The zero-order chi connectivity index (χ0) is 14.9. The van der Waals surface area contributed by atoms with E-state index in [-0.39, 0.29) is 23.7 Å². The summed E-state index contributed by atoms with van der Waals surface area (Å²) in [5.74, 6) is 0.213. The summed E-state index contributed by atoms with van der Waals surface area (Å²) in [6.45, 7) is 0.0756. The van der Waals surface area contributed by atoms with Crippen LogP contribution in [-0.4, -0.2) is 57.3 Å². The summed E-state index contributed by atoms with van der Waals surface area (Å²) in [5, 5.41) is 10.1. The second-order valence-electron chi connectivity index (χ2n) is 4.46. The van der Waals surface area contributed by atoms with Gasteiger partial charge in [-0.1, -0.05) is 11.6 Å². The fraction of sp³-hybridized carbons (Fsp3) is 0.500. The highest BCUT2D eigenvalue weighted by Crippen LogP contribution is 2.31. The molecule has 1 fully saturated rings. The normalized spacial score (nSPS) is 24.0. The van der Waals surface area contributed by atoms with Gasteiger partial charge in [0.05, 0.1) is 19.3 Å². The lowest BCUT2D eigenvalue weighted by atomic mass is 10.3. The van der Waals surface area contributed by atoms with E-state index in [1.54, 1.807) is 6.07 Å². The number of aliphatic hydroxyl groups excluding tert-OH is 1. The maximum absolute atomic E-state index is 12.6. The van der Waals surface area contributed by atoms with E-state index in [1.807, 2.05) is 0 Å². The Balaban J connectivity index is 2.39. The van der Waals surface area contributed by atoms with Crippen LogP contribution < -0.4 is 4.74 Å². The van der Waals surface area contributed by atoms with Crippen LogP contribution in [0.3, 0.4) is 0 Å². The van der Waals surface area contributed by atoms with Gasteiger partial charge in [-0.15, -0.1) is 0 Å². The zero-order valence-electron chi connectivity index (χ0n) is 11.1. The summed E-state index contributed by atoms with van der Waals surface area (Å²) in [7, 11) is -0.974. The first-order chi connectivity index (χ1) is 9.40. The maximum atomic E-state index is 12.6. The van der Waals surface area contributed by atoms with Crippen LogP contribution in [0.4, 0.5) is 0 Å². The summed E-state index contributed by atoms with van der Waals surface area (Å²) in [6.07, 6.45) is -1.38. The summed E-state index contributed by atoms with van der Waals surface area (Å²) in [5.41, 5.74) is 0. The number of ether oxygens (including phenoxy) is 2. The van der Waals surface area contributed by atoms with E-state index in [0.717, 1.165) is 0 Å². The highest BCUT2D eigenvalue weighted by atomic mass is 35.5. The number of aliphatic hydroxyl groups is 1. The molecule has 1 N–H and O–H groups in total. The number of benzene rings is 1. The van der Waals surface area contributed by atoms with Gasteiger partial charge in [0.1, 0.15) is 10.6 Å². The van der Waals surface area contributed by atoms with Crippen molar-refractivity contribution in [3.63, 3.8) is 0 Å². The van der Waals surface area contributed by atoms with Gasteiger partial charge in [0, 0.05) is 25.2 Å². The predicted octanol–water partition coefficient (Wildman–Crippen LogP) is 0.729. The fourth-order valence-electron chi connectivity index (χ4n) is 2.14. The summed E-state index contributed by atoms with van der Waals surface area (Å²) >= 11 is 5.86. The highest BCUT2D eigenvalue weighted by molar-refractivity contribution is 7.89. The third kappa shape index (κ3) is 2.77. The molecule has 0 unspecified atom stereocenters. The largest absolute Gasteiger partial charge is 0.495 e. The quantitative estimate of drug-likeness (QED) is 0.884. The maximum Gasteiger partial charge on any atom is 0.246 e. The Morgan fingerprint density at radius 3 is 2.60 bits per heavy atom. The highest BCUT2D eigenvalue weighted by Gasteiger charge is 2.39. The van der Waals surface area contributed by atoms with Crippen LogP contribution in [-0.2, 0) is 14.8 Å². The molecule has 2 atom stereocenters. The van der Waals surface area contributed by atoms with Crippen molar-refractivity contribution in [3.05, 3.63) is 23.2 Å². The molecule has 0 amide bonds. The van der Waals surface area contributed by atoms with Crippen LogP contribution in [0.1, 0.15) is 0 Å². The van der Waals surface area contributed by atoms with E-state index < -0.39 is 22.2 Å². The van der Waals surface area contributed by atoms with E-state index in [1.165, 1.54) is 30.7 Å².